The molecule has 8 heteroatoms. The number of morpholine rings is 1. The van der Waals surface area contributed by atoms with Crippen molar-refractivity contribution in [2.24, 2.45) is 4.99 Å². The Balaban J connectivity index is 0.00000512. The Labute approximate surface area is 212 Å². The number of hydrogen-bond acceptors (Lipinski definition) is 5. The highest BCUT2D eigenvalue weighted by atomic mass is 127. The Morgan fingerprint density at radius 1 is 1.22 bits per heavy atom. The lowest BCUT2D eigenvalue weighted by molar-refractivity contribution is 0.0322. The fourth-order valence-electron chi connectivity index (χ4n) is 3.74. The number of para-hydroxylation sites is 1. The highest BCUT2D eigenvalue weighted by molar-refractivity contribution is 14.0. The van der Waals surface area contributed by atoms with Gasteiger partial charge in [0.1, 0.15) is 12.4 Å². The lowest BCUT2D eigenvalue weighted by atomic mass is 10.1. The third-order valence-corrected chi connectivity index (χ3v) is 5.80. The lowest BCUT2D eigenvalue weighted by Gasteiger charge is -2.26. The van der Waals surface area contributed by atoms with Crippen LogP contribution in [0.15, 0.2) is 29.3 Å². The van der Waals surface area contributed by atoms with Gasteiger partial charge in [0.25, 0.3) is 0 Å². The SMILES string of the molecule is CCN(CC)CCCC(C)NC(=NC)NCc1ccccc1OCCN1CCOCC1.I. The molecule has 0 aliphatic carbocycles. The topological polar surface area (TPSA) is 61.4 Å². The minimum Gasteiger partial charge on any atom is -0.492 e. The van der Waals surface area contributed by atoms with Crippen molar-refractivity contribution in [2.75, 3.05) is 66.1 Å². The molecule has 0 radical (unpaired) electrons. The molecular formula is C24H44IN5O2. The van der Waals surface area contributed by atoms with Crippen molar-refractivity contribution in [3.63, 3.8) is 0 Å². The molecule has 0 bridgehead atoms. The van der Waals surface area contributed by atoms with Crippen LogP contribution in [-0.2, 0) is 11.3 Å². The summed E-state index contributed by atoms with van der Waals surface area (Å²) in [4.78, 5) is 9.25. The second-order valence-electron chi connectivity index (χ2n) is 8.05. The average Bonchev–Trinajstić information content (AvgIpc) is 2.81. The predicted octanol–water partition coefficient (Wildman–Crippen LogP) is 3.19. The Kier molecular flexibility index (Phi) is 15.7. The summed E-state index contributed by atoms with van der Waals surface area (Å²) in [6.07, 6.45) is 2.31. The maximum atomic E-state index is 6.10. The number of benzene rings is 1. The molecule has 1 heterocycles. The molecular weight excluding hydrogens is 517 g/mol. The van der Waals surface area contributed by atoms with Gasteiger partial charge in [-0.25, -0.2) is 0 Å². The van der Waals surface area contributed by atoms with Gasteiger partial charge >= 0.3 is 0 Å². The highest BCUT2D eigenvalue weighted by Crippen LogP contribution is 2.17. The van der Waals surface area contributed by atoms with Crippen molar-refractivity contribution in [1.82, 2.24) is 20.4 Å². The number of guanidine groups is 1. The minimum atomic E-state index is 0. The zero-order chi connectivity index (χ0) is 22.3. The van der Waals surface area contributed by atoms with E-state index in [1.165, 1.54) is 6.42 Å². The van der Waals surface area contributed by atoms with Crippen LogP contribution in [0.5, 0.6) is 5.75 Å². The van der Waals surface area contributed by atoms with Gasteiger partial charge in [-0.15, -0.1) is 24.0 Å². The summed E-state index contributed by atoms with van der Waals surface area (Å²) in [5, 5.41) is 6.95. The number of halogens is 1. The monoisotopic (exact) mass is 561 g/mol. The quantitative estimate of drug-likeness (QED) is 0.219. The van der Waals surface area contributed by atoms with Crippen molar-refractivity contribution in [3.05, 3.63) is 29.8 Å². The van der Waals surface area contributed by atoms with E-state index in [-0.39, 0.29) is 24.0 Å². The third-order valence-electron chi connectivity index (χ3n) is 5.80. The molecule has 0 spiro atoms. The molecule has 184 valence electrons. The van der Waals surface area contributed by atoms with Crippen LogP contribution in [0.3, 0.4) is 0 Å². The molecule has 1 fully saturated rings. The minimum absolute atomic E-state index is 0. The lowest BCUT2D eigenvalue weighted by Crippen LogP contribution is -2.42. The van der Waals surface area contributed by atoms with Gasteiger partial charge in [0.15, 0.2) is 5.96 Å². The zero-order valence-corrected chi connectivity index (χ0v) is 22.8. The molecule has 1 atom stereocenters. The van der Waals surface area contributed by atoms with Crippen molar-refractivity contribution < 1.29 is 9.47 Å². The largest absolute Gasteiger partial charge is 0.492 e. The molecule has 1 aromatic rings. The standard InChI is InChI=1S/C24H43N5O2.HI/c1-5-28(6-2)13-9-10-21(3)27-24(25-4)26-20-22-11-7-8-12-23(22)31-19-16-29-14-17-30-18-15-29;/h7-8,11-12,21H,5-6,9-10,13-20H2,1-4H3,(H2,25,26,27);1H. The molecule has 1 unspecified atom stereocenters. The number of nitrogens with zero attached hydrogens (tertiary/aromatic N) is 3. The Morgan fingerprint density at radius 3 is 2.62 bits per heavy atom. The Morgan fingerprint density at radius 2 is 1.94 bits per heavy atom. The number of nitrogens with one attached hydrogen (secondary N) is 2. The van der Waals surface area contributed by atoms with Gasteiger partial charge in [-0.05, 0) is 45.5 Å². The van der Waals surface area contributed by atoms with Crippen molar-refractivity contribution >= 4 is 29.9 Å². The van der Waals surface area contributed by atoms with E-state index in [0.717, 1.165) is 76.2 Å². The van der Waals surface area contributed by atoms with Gasteiger partial charge in [0, 0.05) is 44.8 Å². The highest BCUT2D eigenvalue weighted by Gasteiger charge is 2.11. The number of rotatable bonds is 13. The molecule has 0 saturated carbocycles. The molecule has 0 aromatic heterocycles. The van der Waals surface area contributed by atoms with E-state index >= 15 is 0 Å². The summed E-state index contributed by atoms with van der Waals surface area (Å²) >= 11 is 0. The van der Waals surface area contributed by atoms with Crippen LogP contribution in [0.25, 0.3) is 0 Å². The van der Waals surface area contributed by atoms with Gasteiger partial charge in [-0.2, -0.15) is 0 Å². The van der Waals surface area contributed by atoms with Crippen LogP contribution in [0.1, 0.15) is 39.2 Å². The predicted molar refractivity (Wildman–Crippen MR) is 144 cm³/mol. The van der Waals surface area contributed by atoms with Crippen molar-refractivity contribution in [2.45, 2.75) is 46.2 Å². The molecule has 1 aliphatic rings. The van der Waals surface area contributed by atoms with E-state index < -0.39 is 0 Å². The first-order valence-electron chi connectivity index (χ1n) is 11.9. The van der Waals surface area contributed by atoms with Gasteiger partial charge in [-0.3, -0.25) is 9.89 Å². The molecule has 32 heavy (non-hydrogen) atoms. The molecule has 7 nitrogen and oxygen atoms in total. The summed E-state index contributed by atoms with van der Waals surface area (Å²) in [6.45, 7) is 16.0. The Bertz CT molecular complexity index is 637. The van der Waals surface area contributed by atoms with Gasteiger partial charge in [0.2, 0.25) is 0 Å². The van der Waals surface area contributed by atoms with Crippen LogP contribution < -0.4 is 15.4 Å². The van der Waals surface area contributed by atoms with E-state index in [1.807, 2.05) is 19.2 Å². The normalized spacial score (nSPS) is 15.8. The van der Waals surface area contributed by atoms with Crippen LogP contribution in [0, 0.1) is 0 Å². The summed E-state index contributed by atoms with van der Waals surface area (Å²) in [5.41, 5.74) is 1.14. The van der Waals surface area contributed by atoms with Crippen LogP contribution in [0.4, 0.5) is 0 Å². The fraction of sp³-hybridized carbons (Fsp3) is 0.708. The first-order chi connectivity index (χ1) is 15.2. The first kappa shape index (κ1) is 28.9. The first-order valence-corrected chi connectivity index (χ1v) is 11.9. The molecule has 1 aromatic carbocycles. The summed E-state index contributed by atoms with van der Waals surface area (Å²) in [7, 11) is 1.82. The summed E-state index contributed by atoms with van der Waals surface area (Å²) < 4.78 is 11.5. The number of aliphatic imine (C=N–C) groups is 1. The van der Waals surface area contributed by atoms with Crippen LogP contribution in [0.2, 0.25) is 0 Å². The van der Waals surface area contributed by atoms with Gasteiger partial charge in [-0.1, -0.05) is 32.0 Å². The Hall–Kier alpha value is -1.10. The second kappa shape index (κ2) is 17.4. The maximum Gasteiger partial charge on any atom is 0.191 e. The number of ether oxygens (including phenoxy) is 2. The van der Waals surface area contributed by atoms with Crippen LogP contribution >= 0.6 is 24.0 Å². The van der Waals surface area contributed by atoms with E-state index in [4.69, 9.17) is 9.47 Å². The average molecular weight is 562 g/mol. The maximum absolute atomic E-state index is 6.10. The van der Waals surface area contributed by atoms with E-state index in [1.54, 1.807) is 0 Å². The molecule has 1 aliphatic heterocycles. The molecule has 0 amide bonds. The summed E-state index contributed by atoms with van der Waals surface area (Å²) in [5.74, 6) is 1.77. The van der Waals surface area contributed by atoms with E-state index in [9.17, 15) is 0 Å². The summed E-state index contributed by atoms with van der Waals surface area (Å²) in [6, 6.07) is 8.61. The third kappa shape index (κ3) is 11.2. The zero-order valence-electron chi connectivity index (χ0n) is 20.4. The van der Waals surface area contributed by atoms with Gasteiger partial charge < -0.3 is 25.0 Å². The van der Waals surface area contributed by atoms with Gasteiger partial charge in [0.05, 0.1) is 13.2 Å². The van der Waals surface area contributed by atoms with Crippen LogP contribution in [-0.4, -0.2) is 87.9 Å². The molecule has 2 rings (SSSR count). The smallest absolute Gasteiger partial charge is 0.191 e. The van der Waals surface area contributed by atoms with Crippen molar-refractivity contribution in [1.29, 1.82) is 0 Å². The molecule has 2 N–H and O–H groups in total. The number of hydrogen-bond donors (Lipinski definition) is 2. The van der Waals surface area contributed by atoms with Crippen molar-refractivity contribution in [3.8, 4) is 5.75 Å². The van der Waals surface area contributed by atoms with E-state index in [2.05, 4.69) is 58.3 Å². The molecule has 1 saturated heterocycles. The second-order valence-corrected chi connectivity index (χ2v) is 8.05. The fourth-order valence-corrected chi connectivity index (χ4v) is 3.74. The van der Waals surface area contributed by atoms with E-state index in [0.29, 0.717) is 19.2 Å².